The van der Waals surface area contributed by atoms with Crippen LogP contribution in [0.5, 0.6) is 5.75 Å². The highest BCUT2D eigenvalue weighted by Crippen LogP contribution is 2.26. The number of nitrogens with one attached hydrogen (secondary N) is 1. The van der Waals surface area contributed by atoms with E-state index in [9.17, 15) is 9.59 Å². The molecule has 2 aliphatic rings. The molecule has 0 aromatic heterocycles. The fourth-order valence-electron chi connectivity index (χ4n) is 3.88. The molecule has 6 heteroatoms. The summed E-state index contributed by atoms with van der Waals surface area (Å²) in [7, 11) is 0. The van der Waals surface area contributed by atoms with Crippen molar-refractivity contribution < 1.29 is 14.3 Å². The van der Waals surface area contributed by atoms with E-state index in [0.29, 0.717) is 19.5 Å². The second-order valence-corrected chi connectivity index (χ2v) is 7.64. The lowest BCUT2D eigenvalue weighted by atomic mass is 10.1. The molecule has 1 saturated heterocycles. The van der Waals surface area contributed by atoms with Gasteiger partial charge in [-0.05, 0) is 22.8 Å². The predicted molar refractivity (Wildman–Crippen MR) is 111 cm³/mol. The zero-order valence-corrected chi connectivity index (χ0v) is 16.6. The van der Waals surface area contributed by atoms with Crippen molar-refractivity contribution in [2.75, 3.05) is 39.3 Å². The van der Waals surface area contributed by atoms with Crippen molar-refractivity contribution in [2.24, 2.45) is 0 Å². The second-order valence-electron chi connectivity index (χ2n) is 7.64. The minimum atomic E-state index is -0.122. The lowest BCUT2D eigenvalue weighted by molar-refractivity contribution is -0.134. The SMILES string of the molecule is O=C(Cc1ccccc1)NCC(=O)N1CCN(Cc2ccc3c(c2)CCO3)CC1. The van der Waals surface area contributed by atoms with Gasteiger partial charge in [-0.25, -0.2) is 0 Å². The number of hydrogen-bond acceptors (Lipinski definition) is 4. The highest BCUT2D eigenvalue weighted by molar-refractivity contribution is 5.85. The van der Waals surface area contributed by atoms with E-state index >= 15 is 0 Å². The lowest BCUT2D eigenvalue weighted by Crippen LogP contribution is -2.50. The Morgan fingerprint density at radius 2 is 1.76 bits per heavy atom. The van der Waals surface area contributed by atoms with Gasteiger partial charge in [0.25, 0.3) is 0 Å². The van der Waals surface area contributed by atoms with E-state index in [1.54, 1.807) is 0 Å². The van der Waals surface area contributed by atoms with Crippen molar-refractivity contribution in [3.63, 3.8) is 0 Å². The molecule has 0 spiro atoms. The third kappa shape index (κ3) is 5.15. The molecule has 2 amide bonds. The van der Waals surface area contributed by atoms with E-state index in [4.69, 9.17) is 4.74 Å². The van der Waals surface area contributed by atoms with E-state index in [2.05, 4.69) is 28.4 Å². The maximum atomic E-state index is 12.4. The summed E-state index contributed by atoms with van der Waals surface area (Å²) >= 11 is 0. The van der Waals surface area contributed by atoms with Crippen LogP contribution in [0.25, 0.3) is 0 Å². The number of amides is 2. The molecule has 0 aliphatic carbocycles. The summed E-state index contributed by atoms with van der Waals surface area (Å²) in [5.74, 6) is 0.878. The summed E-state index contributed by atoms with van der Waals surface area (Å²) in [5.41, 5.74) is 3.54. The quantitative estimate of drug-likeness (QED) is 0.810. The Kier molecular flexibility index (Phi) is 6.10. The summed E-state index contributed by atoms with van der Waals surface area (Å²) in [5, 5.41) is 2.75. The number of rotatable bonds is 6. The monoisotopic (exact) mass is 393 g/mol. The van der Waals surface area contributed by atoms with Crippen LogP contribution in [0.4, 0.5) is 0 Å². The van der Waals surface area contributed by atoms with Gasteiger partial charge in [-0.1, -0.05) is 42.5 Å². The molecule has 0 bridgehead atoms. The van der Waals surface area contributed by atoms with Crippen molar-refractivity contribution in [1.82, 2.24) is 15.1 Å². The van der Waals surface area contributed by atoms with Crippen molar-refractivity contribution in [3.8, 4) is 5.75 Å². The molecule has 1 fully saturated rings. The molecule has 152 valence electrons. The first-order valence-electron chi connectivity index (χ1n) is 10.2. The van der Waals surface area contributed by atoms with Crippen LogP contribution in [0.3, 0.4) is 0 Å². The van der Waals surface area contributed by atoms with Crippen LogP contribution in [0, 0.1) is 0 Å². The number of hydrogen-bond donors (Lipinski definition) is 1. The normalized spacial score (nSPS) is 16.2. The van der Waals surface area contributed by atoms with Gasteiger partial charge in [0.05, 0.1) is 19.6 Å². The minimum Gasteiger partial charge on any atom is -0.493 e. The first kappa shape index (κ1) is 19.5. The summed E-state index contributed by atoms with van der Waals surface area (Å²) < 4.78 is 5.57. The number of carbonyl (C=O) groups excluding carboxylic acids is 2. The first-order chi connectivity index (χ1) is 14.2. The van der Waals surface area contributed by atoms with Gasteiger partial charge in [0, 0.05) is 39.1 Å². The molecule has 0 saturated carbocycles. The molecular weight excluding hydrogens is 366 g/mol. The van der Waals surface area contributed by atoms with Crippen LogP contribution >= 0.6 is 0 Å². The number of fused-ring (bicyclic) bond motifs is 1. The Morgan fingerprint density at radius 1 is 0.966 bits per heavy atom. The average molecular weight is 393 g/mol. The summed E-state index contributed by atoms with van der Waals surface area (Å²) in [6, 6.07) is 16.0. The Balaban J connectivity index is 1.19. The van der Waals surface area contributed by atoms with Crippen LogP contribution < -0.4 is 10.1 Å². The summed E-state index contributed by atoms with van der Waals surface area (Å²) in [4.78, 5) is 28.7. The Bertz CT molecular complexity index is 861. The van der Waals surface area contributed by atoms with Gasteiger partial charge in [0.2, 0.25) is 11.8 Å². The van der Waals surface area contributed by atoms with Gasteiger partial charge in [-0.15, -0.1) is 0 Å². The van der Waals surface area contributed by atoms with E-state index < -0.39 is 0 Å². The summed E-state index contributed by atoms with van der Waals surface area (Å²) in [6.45, 7) is 4.82. The number of benzene rings is 2. The van der Waals surface area contributed by atoms with Crippen molar-refractivity contribution in [1.29, 1.82) is 0 Å². The van der Waals surface area contributed by atoms with Gasteiger partial charge in [0.15, 0.2) is 0 Å². The average Bonchev–Trinajstić information content (AvgIpc) is 3.21. The van der Waals surface area contributed by atoms with Crippen LogP contribution in [0.1, 0.15) is 16.7 Å². The number of nitrogens with zero attached hydrogens (tertiary/aromatic N) is 2. The molecule has 29 heavy (non-hydrogen) atoms. The van der Waals surface area contributed by atoms with E-state index in [1.165, 1.54) is 11.1 Å². The highest BCUT2D eigenvalue weighted by atomic mass is 16.5. The van der Waals surface area contributed by atoms with E-state index in [0.717, 1.165) is 44.0 Å². The molecule has 0 atom stereocenters. The highest BCUT2D eigenvalue weighted by Gasteiger charge is 2.22. The van der Waals surface area contributed by atoms with Gasteiger partial charge in [-0.3, -0.25) is 14.5 Å². The van der Waals surface area contributed by atoms with Crippen molar-refractivity contribution in [3.05, 3.63) is 65.2 Å². The largest absolute Gasteiger partial charge is 0.493 e. The minimum absolute atomic E-state index is 0.0132. The lowest BCUT2D eigenvalue weighted by Gasteiger charge is -2.34. The third-order valence-electron chi connectivity index (χ3n) is 5.53. The van der Waals surface area contributed by atoms with E-state index in [1.807, 2.05) is 35.2 Å². The molecule has 2 aliphatic heterocycles. The zero-order chi connectivity index (χ0) is 20.1. The van der Waals surface area contributed by atoms with Gasteiger partial charge in [-0.2, -0.15) is 0 Å². The number of ether oxygens (including phenoxy) is 1. The fraction of sp³-hybridized carbons (Fsp3) is 0.391. The summed E-state index contributed by atoms with van der Waals surface area (Å²) in [6.07, 6.45) is 1.29. The molecule has 1 N–H and O–H groups in total. The van der Waals surface area contributed by atoms with Gasteiger partial charge in [0.1, 0.15) is 5.75 Å². The van der Waals surface area contributed by atoms with Crippen molar-refractivity contribution >= 4 is 11.8 Å². The maximum Gasteiger partial charge on any atom is 0.242 e. The smallest absolute Gasteiger partial charge is 0.242 e. The van der Waals surface area contributed by atoms with Crippen LogP contribution in [0.2, 0.25) is 0 Å². The first-order valence-corrected chi connectivity index (χ1v) is 10.2. The molecule has 0 unspecified atom stereocenters. The van der Waals surface area contributed by atoms with Gasteiger partial charge >= 0.3 is 0 Å². The Labute approximate surface area is 171 Å². The van der Waals surface area contributed by atoms with Crippen LogP contribution in [0.15, 0.2) is 48.5 Å². The number of carbonyl (C=O) groups is 2. The second kappa shape index (κ2) is 9.09. The molecule has 0 radical (unpaired) electrons. The molecule has 2 aromatic rings. The maximum absolute atomic E-state index is 12.4. The molecule has 2 heterocycles. The van der Waals surface area contributed by atoms with E-state index in [-0.39, 0.29) is 18.4 Å². The Morgan fingerprint density at radius 3 is 2.55 bits per heavy atom. The van der Waals surface area contributed by atoms with Gasteiger partial charge < -0.3 is 15.0 Å². The van der Waals surface area contributed by atoms with Crippen LogP contribution in [-0.4, -0.2) is 60.9 Å². The third-order valence-corrected chi connectivity index (χ3v) is 5.53. The standard InChI is InChI=1S/C23H27N3O3/c27-22(15-18-4-2-1-3-5-18)24-16-23(28)26-11-9-25(10-12-26)17-19-6-7-21-20(14-19)8-13-29-21/h1-7,14H,8-13,15-17H2,(H,24,27). The molecule has 6 nitrogen and oxygen atoms in total. The predicted octanol–water partition coefficient (Wildman–Crippen LogP) is 1.62. The van der Waals surface area contributed by atoms with Crippen LogP contribution in [-0.2, 0) is 29.0 Å². The molecule has 2 aromatic carbocycles. The Hall–Kier alpha value is -2.86. The topological polar surface area (TPSA) is 61.9 Å². The molecule has 4 rings (SSSR count). The fourth-order valence-corrected chi connectivity index (χ4v) is 3.88. The number of piperazine rings is 1. The van der Waals surface area contributed by atoms with Crippen molar-refractivity contribution in [2.45, 2.75) is 19.4 Å². The molecular formula is C23H27N3O3. The zero-order valence-electron chi connectivity index (χ0n) is 16.6.